The van der Waals surface area contributed by atoms with Crippen LogP contribution in [0.2, 0.25) is 0 Å². The van der Waals surface area contributed by atoms with Crippen molar-refractivity contribution < 1.29 is 9.53 Å². The number of carbonyl (C=O) groups is 1. The van der Waals surface area contributed by atoms with E-state index < -0.39 is 0 Å². The molecule has 0 radical (unpaired) electrons. The molecule has 0 N–H and O–H groups in total. The third kappa shape index (κ3) is 1.97. The second kappa shape index (κ2) is 4.57. The summed E-state index contributed by atoms with van der Waals surface area (Å²) in [5.41, 5.74) is 1.53. The molecule has 2 aromatic carbocycles. The van der Waals surface area contributed by atoms with E-state index in [1.165, 1.54) is 7.11 Å². The zero-order valence-electron chi connectivity index (χ0n) is 10.4. The standard InChI is InChI=1S/C15H12N2O2/c1-19-15(18)12-6-7-13-11(10-12)4-2-5-14(13)17-9-3-8-16-17/h2-10H,1H3. The average molecular weight is 252 g/mol. The van der Waals surface area contributed by atoms with E-state index in [-0.39, 0.29) is 5.97 Å². The van der Waals surface area contributed by atoms with Gasteiger partial charge in [0.05, 0.1) is 18.4 Å². The number of aromatic nitrogens is 2. The fourth-order valence-electron chi connectivity index (χ4n) is 2.12. The van der Waals surface area contributed by atoms with Gasteiger partial charge in [0.25, 0.3) is 0 Å². The first-order chi connectivity index (χ1) is 9.29. The molecule has 1 aromatic heterocycles. The molecule has 3 rings (SSSR count). The topological polar surface area (TPSA) is 44.1 Å². The van der Waals surface area contributed by atoms with Crippen molar-refractivity contribution in [1.82, 2.24) is 9.78 Å². The Morgan fingerprint density at radius 3 is 2.84 bits per heavy atom. The number of nitrogens with zero attached hydrogens (tertiary/aromatic N) is 2. The second-order valence-corrected chi connectivity index (χ2v) is 4.16. The summed E-state index contributed by atoms with van der Waals surface area (Å²) in [6.07, 6.45) is 3.63. The number of esters is 1. The van der Waals surface area contributed by atoms with Gasteiger partial charge in [0.2, 0.25) is 0 Å². The van der Waals surface area contributed by atoms with Crippen molar-refractivity contribution in [3.8, 4) is 5.69 Å². The molecule has 1 heterocycles. The smallest absolute Gasteiger partial charge is 0.337 e. The average Bonchev–Trinajstić information content (AvgIpc) is 2.99. The predicted octanol–water partition coefficient (Wildman–Crippen LogP) is 2.81. The number of methoxy groups -OCH3 is 1. The van der Waals surface area contributed by atoms with E-state index in [1.807, 2.05) is 42.6 Å². The highest BCUT2D eigenvalue weighted by Gasteiger charge is 2.08. The molecule has 3 aromatic rings. The van der Waals surface area contributed by atoms with Crippen molar-refractivity contribution >= 4 is 16.7 Å². The Labute approximate surface area is 110 Å². The molecule has 94 valence electrons. The fourth-order valence-corrected chi connectivity index (χ4v) is 2.12. The first kappa shape index (κ1) is 11.5. The van der Waals surface area contributed by atoms with E-state index in [0.717, 1.165) is 16.5 Å². The van der Waals surface area contributed by atoms with Crippen molar-refractivity contribution in [3.63, 3.8) is 0 Å². The Hall–Kier alpha value is -2.62. The van der Waals surface area contributed by atoms with E-state index in [2.05, 4.69) is 5.10 Å². The molecule has 0 bridgehead atoms. The number of hydrogen-bond acceptors (Lipinski definition) is 3. The highest BCUT2D eigenvalue weighted by molar-refractivity contribution is 5.97. The molecule has 0 aliphatic carbocycles. The lowest BCUT2D eigenvalue weighted by atomic mass is 10.1. The van der Waals surface area contributed by atoms with E-state index in [0.29, 0.717) is 5.56 Å². The van der Waals surface area contributed by atoms with Gasteiger partial charge in [-0.05, 0) is 29.7 Å². The van der Waals surface area contributed by atoms with Crippen molar-refractivity contribution in [3.05, 3.63) is 60.4 Å². The molecule has 19 heavy (non-hydrogen) atoms. The first-order valence-electron chi connectivity index (χ1n) is 5.91. The van der Waals surface area contributed by atoms with Gasteiger partial charge in [0, 0.05) is 17.8 Å². The van der Waals surface area contributed by atoms with Crippen LogP contribution >= 0.6 is 0 Å². The molecule has 0 atom stereocenters. The van der Waals surface area contributed by atoms with Gasteiger partial charge < -0.3 is 4.74 Å². The van der Waals surface area contributed by atoms with Crippen LogP contribution < -0.4 is 0 Å². The van der Waals surface area contributed by atoms with Gasteiger partial charge in [0.1, 0.15) is 0 Å². The van der Waals surface area contributed by atoms with Crippen molar-refractivity contribution in [2.75, 3.05) is 7.11 Å². The van der Waals surface area contributed by atoms with Gasteiger partial charge in [-0.2, -0.15) is 5.10 Å². The zero-order chi connectivity index (χ0) is 13.2. The summed E-state index contributed by atoms with van der Waals surface area (Å²) >= 11 is 0. The number of ether oxygens (including phenoxy) is 1. The summed E-state index contributed by atoms with van der Waals surface area (Å²) < 4.78 is 6.54. The Kier molecular flexibility index (Phi) is 2.76. The Balaban J connectivity index is 2.20. The highest BCUT2D eigenvalue weighted by atomic mass is 16.5. The lowest BCUT2D eigenvalue weighted by molar-refractivity contribution is 0.0601. The normalized spacial score (nSPS) is 10.6. The van der Waals surface area contributed by atoms with Crippen LogP contribution in [0.15, 0.2) is 54.9 Å². The van der Waals surface area contributed by atoms with Crippen LogP contribution in [0.3, 0.4) is 0 Å². The van der Waals surface area contributed by atoms with Crippen molar-refractivity contribution in [1.29, 1.82) is 0 Å². The van der Waals surface area contributed by atoms with Gasteiger partial charge in [0.15, 0.2) is 0 Å². The molecule has 0 aliphatic heterocycles. The van der Waals surface area contributed by atoms with Crippen molar-refractivity contribution in [2.45, 2.75) is 0 Å². The maximum absolute atomic E-state index is 11.5. The van der Waals surface area contributed by atoms with Crippen molar-refractivity contribution in [2.24, 2.45) is 0 Å². The molecule has 0 saturated carbocycles. The Bertz CT molecular complexity index is 733. The van der Waals surface area contributed by atoms with E-state index in [1.54, 1.807) is 16.9 Å². The molecule has 0 saturated heterocycles. The first-order valence-corrected chi connectivity index (χ1v) is 5.91. The third-order valence-electron chi connectivity index (χ3n) is 3.03. The second-order valence-electron chi connectivity index (χ2n) is 4.16. The van der Waals surface area contributed by atoms with Crippen LogP contribution in [-0.2, 0) is 4.74 Å². The van der Waals surface area contributed by atoms with Crippen LogP contribution in [0.5, 0.6) is 0 Å². The van der Waals surface area contributed by atoms with Crippen LogP contribution in [0.4, 0.5) is 0 Å². The number of hydrogen-bond donors (Lipinski definition) is 0. The molecule has 4 nitrogen and oxygen atoms in total. The number of carbonyl (C=O) groups excluding carboxylic acids is 1. The van der Waals surface area contributed by atoms with Gasteiger partial charge in [-0.15, -0.1) is 0 Å². The highest BCUT2D eigenvalue weighted by Crippen LogP contribution is 2.23. The Morgan fingerprint density at radius 2 is 2.11 bits per heavy atom. The van der Waals surface area contributed by atoms with Crippen LogP contribution in [0.1, 0.15) is 10.4 Å². The summed E-state index contributed by atoms with van der Waals surface area (Å²) in [6, 6.07) is 13.3. The van der Waals surface area contributed by atoms with E-state index in [4.69, 9.17) is 4.74 Å². The number of fused-ring (bicyclic) bond motifs is 1. The summed E-state index contributed by atoms with van der Waals surface area (Å²) in [6.45, 7) is 0. The summed E-state index contributed by atoms with van der Waals surface area (Å²) in [5, 5.41) is 6.26. The minimum atomic E-state index is -0.327. The molecular formula is C15H12N2O2. The number of rotatable bonds is 2. The summed E-state index contributed by atoms with van der Waals surface area (Å²) in [7, 11) is 1.38. The predicted molar refractivity (Wildman–Crippen MR) is 72.4 cm³/mol. The molecule has 4 heteroatoms. The lowest BCUT2D eigenvalue weighted by Crippen LogP contribution is -2.01. The van der Waals surface area contributed by atoms with E-state index in [9.17, 15) is 4.79 Å². The SMILES string of the molecule is COC(=O)c1ccc2c(-n3cccn3)cccc2c1. The molecule has 0 amide bonds. The minimum absolute atomic E-state index is 0.327. The van der Waals surface area contributed by atoms with Gasteiger partial charge in [-0.25, -0.2) is 9.48 Å². The molecule has 0 spiro atoms. The van der Waals surface area contributed by atoms with Crippen LogP contribution in [0, 0.1) is 0 Å². The summed E-state index contributed by atoms with van der Waals surface area (Å²) in [4.78, 5) is 11.5. The van der Waals surface area contributed by atoms with Crippen LogP contribution in [-0.4, -0.2) is 22.9 Å². The Morgan fingerprint density at radius 1 is 1.21 bits per heavy atom. The quantitative estimate of drug-likeness (QED) is 0.659. The third-order valence-corrected chi connectivity index (χ3v) is 3.03. The van der Waals surface area contributed by atoms with E-state index >= 15 is 0 Å². The van der Waals surface area contributed by atoms with Gasteiger partial charge in [-0.1, -0.05) is 18.2 Å². The van der Waals surface area contributed by atoms with Crippen LogP contribution in [0.25, 0.3) is 16.5 Å². The molecule has 0 aliphatic rings. The molecule has 0 fully saturated rings. The molecule has 0 unspecified atom stereocenters. The monoisotopic (exact) mass is 252 g/mol. The summed E-state index contributed by atoms with van der Waals surface area (Å²) in [5.74, 6) is -0.327. The number of benzene rings is 2. The van der Waals surface area contributed by atoms with Gasteiger partial charge >= 0.3 is 5.97 Å². The largest absolute Gasteiger partial charge is 0.465 e. The maximum Gasteiger partial charge on any atom is 0.337 e. The molecular weight excluding hydrogens is 240 g/mol. The lowest BCUT2D eigenvalue weighted by Gasteiger charge is -2.07. The zero-order valence-corrected chi connectivity index (χ0v) is 10.4. The minimum Gasteiger partial charge on any atom is -0.465 e. The van der Waals surface area contributed by atoms with Gasteiger partial charge in [-0.3, -0.25) is 0 Å². The maximum atomic E-state index is 11.5. The fraction of sp³-hybridized carbons (Fsp3) is 0.0667.